The number of benzene rings is 3. The zero-order valence-corrected chi connectivity index (χ0v) is 17.1. The Hall–Kier alpha value is -2.05. The molecule has 2 bridgehead atoms. The molecule has 3 aromatic carbocycles. The molecule has 3 aromatic rings. The molecule has 6 unspecified atom stereocenters. The first-order chi connectivity index (χ1) is 14.2. The van der Waals surface area contributed by atoms with E-state index in [0.29, 0.717) is 10.8 Å². The molecule has 0 aromatic heterocycles. The predicted molar refractivity (Wildman–Crippen MR) is 118 cm³/mol. The highest BCUT2D eigenvalue weighted by molar-refractivity contribution is 6.30. The van der Waals surface area contributed by atoms with Gasteiger partial charge in [0.25, 0.3) is 0 Å². The normalized spacial score (nSPS) is 38.9. The van der Waals surface area contributed by atoms with Crippen LogP contribution in [0.1, 0.15) is 36.8 Å². The molecule has 5 aliphatic carbocycles. The number of hydrogen-bond acceptors (Lipinski definition) is 0. The van der Waals surface area contributed by atoms with E-state index in [1.165, 1.54) is 47.9 Å². The summed E-state index contributed by atoms with van der Waals surface area (Å²) in [5.74, 6) is 3.79. The second kappa shape index (κ2) is 4.81. The monoisotopic (exact) mass is 394 g/mol. The van der Waals surface area contributed by atoms with Gasteiger partial charge in [0.15, 0.2) is 0 Å². The van der Waals surface area contributed by atoms with E-state index in [2.05, 4.69) is 54.6 Å². The summed E-state index contributed by atoms with van der Waals surface area (Å²) in [6.45, 7) is 0. The maximum absolute atomic E-state index is 6.15. The first kappa shape index (κ1) is 15.7. The number of hydrogen-bond donors (Lipinski definition) is 0. The lowest BCUT2D eigenvalue weighted by molar-refractivity contribution is -0.231. The summed E-state index contributed by atoms with van der Waals surface area (Å²) in [5.41, 5.74) is 9.90. The highest BCUT2D eigenvalue weighted by atomic mass is 35.5. The topological polar surface area (TPSA) is 0 Å². The van der Waals surface area contributed by atoms with E-state index in [4.69, 9.17) is 11.6 Å². The smallest absolute Gasteiger partial charge is 0.0406 e. The van der Waals surface area contributed by atoms with Gasteiger partial charge in [-0.3, -0.25) is 0 Å². The molecule has 0 nitrogen and oxygen atoms in total. The Morgan fingerprint density at radius 3 is 2.34 bits per heavy atom. The summed E-state index contributed by atoms with van der Waals surface area (Å²) in [4.78, 5) is 0. The molecule has 0 radical (unpaired) electrons. The minimum atomic E-state index is 0.292. The fourth-order valence-electron chi connectivity index (χ4n) is 9.14. The number of halogens is 1. The molecule has 0 amide bonds. The molecule has 142 valence electrons. The zero-order valence-electron chi connectivity index (χ0n) is 16.4. The first-order valence-corrected chi connectivity index (χ1v) is 11.6. The lowest BCUT2D eigenvalue weighted by Crippen LogP contribution is -2.73. The van der Waals surface area contributed by atoms with Crippen molar-refractivity contribution in [1.29, 1.82) is 0 Å². The summed E-state index contributed by atoms with van der Waals surface area (Å²) < 4.78 is 0. The van der Waals surface area contributed by atoms with Crippen LogP contribution in [0.5, 0.6) is 0 Å². The quantitative estimate of drug-likeness (QED) is 0.405. The van der Waals surface area contributed by atoms with Crippen molar-refractivity contribution in [3.8, 4) is 22.3 Å². The van der Waals surface area contributed by atoms with Crippen LogP contribution in [-0.2, 0) is 5.41 Å². The standard InChI is InChI=1S/C28H23Cl/c29-20-8-5-17(6-9-20)18-7-10-22-21-3-1-2-4-23(21)28(24(22)13-18)25-12-16-11-19-14-26(28)27(19,25)15-16/h1-10,13,16,19,25-26H,11-12,14-15H2. The van der Waals surface area contributed by atoms with E-state index in [1.807, 2.05) is 12.1 Å². The molecule has 29 heavy (non-hydrogen) atoms. The molecular weight excluding hydrogens is 372 g/mol. The van der Waals surface area contributed by atoms with Crippen molar-refractivity contribution < 1.29 is 0 Å². The molecule has 5 aliphatic rings. The average Bonchev–Trinajstić information content (AvgIpc) is 3.36. The molecule has 8 rings (SSSR count). The van der Waals surface area contributed by atoms with Gasteiger partial charge in [0.2, 0.25) is 0 Å². The summed E-state index contributed by atoms with van der Waals surface area (Å²) >= 11 is 6.15. The summed E-state index contributed by atoms with van der Waals surface area (Å²) in [6.07, 6.45) is 5.99. The Morgan fingerprint density at radius 1 is 0.724 bits per heavy atom. The molecule has 0 saturated heterocycles. The van der Waals surface area contributed by atoms with Crippen molar-refractivity contribution in [3.63, 3.8) is 0 Å². The van der Waals surface area contributed by atoms with Crippen LogP contribution in [0.2, 0.25) is 5.02 Å². The highest BCUT2D eigenvalue weighted by Gasteiger charge is 2.84. The van der Waals surface area contributed by atoms with E-state index >= 15 is 0 Å². The van der Waals surface area contributed by atoms with Crippen molar-refractivity contribution in [1.82, 2.24) is 0 Å². The SMILES string of the molecule is Clc1ccc(-c2ccc3c(c2)C2(c4ccccc4-3)C3CC4CC5CC2C53C4)cc1. The molecule has 4 saturated carbocycles. The molecule has 6 atom stereocenters. The Balaban J connectivity index is 1.38. The molecule has 1 heteroatoms. The summed E-state index contributed by atoms with van der Waals surface area (Å²) in [5, 5.41) is 0.808. The third-order valence-corrected chi connectivity index (χ3v) is 10.1. The Morgan fingerprint density at radius 2 is 1.48 bits per heavy atom. The summed E-state index contributed by atoms with van der Waals surface area (Å²) in [6, 6.07) is 25.0. The van der Waals surface area contributed by atoms with E-state index in [-0.39, 0.29) is 0 Å². The van der Waals surface area contributed by atoms with Crippen LogP contribution in [0.25, 0.3) is 22.3 Å². The van der Waals surface area contributed by atoms with Crippen LogP contribution >= 0.6 is 11.6 Å². The van der Waals surface area contributed by atoms with Crippen molar-refractivity contribution >= 4 is 11.6 Å². The lowest BCUT2D eigenvalue weighted by atomic mass is 9.27. The third kappa shape index (κ3) is 1.52. The van der Waals surface area contributed by atoms with Gasteiger partial charge in [-0.1, -0.05) is 60.1 Å². The van der Waals surface area contributed by atoms with Crippen molar-refractivity contribution in [2.45, 2.75) is 31.1 Å². The molecule has 0 aliphatic heterocycles. The van der Waals surface area contributed by atoms with Gasteiger partial charge in [-0.25, -0.2) is 0 Å². The van der Waals surface area contributed by atoms with Gasteiger partial charge in [0.1, 0.15) is 0 Å². The van der Waals surface area contributed by atoms with Crippen LogP contribution in [0.3, 0.4) is 0 Å². The molecule has 2 spiro atoms. The second-order valence-corrected chi connectivity index (χ2v) is 10.8. The first-order valence-electron chi connectivity index (χ1n) is 11.2. The van der Waals surface area contributed by atoms with Gasteiger partial charge >= 0.3 is 0 Å². The van der Waals surface area contributed by atoms with Gasteiger partial charge in [0, 0.05) is 10.4 Å². The lowest BCUT2D eigenvalue weighted by Gasteiger charge is -2.76. The van der Waals surface area contributed by atoms with Gasteiger partial charge in [-0.15, -0.1) is 0 Å². The fraction of sp³-hybridized carbons (Fsp3) is 0.357. The Bertz CT molecular complexity index is 1210. The average molecular weight is 395 g/mol. The Labute approximate surface area is 176 Å². The van der Waals surface area contributed by atoms with Gasteiger partial charge in [-0.05, 0) is 106 Å². The van der Waals surface area contributed by atoms with Gasteiger partial charge in [-0.2, -0.15) is 0 Å². The molecule has 4 fully saturated rings. The van der Waals surface area contributed by atoms with Crippen molar-refractivity contribution in [3.05, 3.63) is 82.9 Å². The van der Waals surface area contributed by atoms with Crippen LogP contribution in [0.4, 0.5) is 0 Å². The van der Waals surface area contributed by atoms with Gasteiger partial charge in [0.05, 0.1) is 0 Å². The predicted octanol–water partition coefficient (Wildman–Crippen LogP) is 7.34. The molecule has 0 heterocycles. The zero-order chi connectivity index (χ0) is 19.0. The van der Waals surface area contributed by atoms with Crippen LogP contribution in [-0.4, -0.2) is 0 Å². The van der Waals surface area contributed by atoms with Crippen molar-refractivity contribution in [2.24, 2.45) is 29.1 Å². The van der Waals surface area contributed by atoms with Crippen LogP contribution < -0.4 is 0 Å². The van der Waals surface area contributed by atoms with Gasteiger partial charge < -0.3 is 0 Å². The maximum Gasteiger partial charge on any atom is 0.0406 e. The third-order valence-electron chi connectivity index (χ3n) is 9.81. The summed E-state index contributed by atoms with van der Waals surface area (Å²) in [7, 11) is 0. The molecular formula is C28H23Cl. The minimum absolute atomic E-state index is 0.292. The van der Waals surface area contributed by atoms with E-state index < -0.39 is 0 Å². The van der Waals surface area contributed by atoms with Crippen molar-refractivity contribution in [2.75, 3.05) is 0 Å². The second-order valence-electron chi connectivity index (χ2n) is 10.4. The Kier molecular flexibility index (Phi) is 2.61. The van der Waals surface area contributed by atoms with Crippen LogP contribution in [0.15, 0.2) is 66.7 Å². The van der Waals surface area contributed by atoms with E-state index in [0.717, 1.165) is 28.7 Å². The van der Waals surface area contributed by atoms with E-state index in [9.17, 15) is 0 Å². The maximum atomic E-state index is 6.15. The number of rotatable bonds is 1. The minimum Gasteiger partial charge on any atom is -0.0843 e. The van der Waals surface area contributed by atoms with Crippen LogP contribution in [0, 0.1) is 29.1 Å². The largest absolute Gasteiger partial charge is 0.0843 e. The fourth-order valence-corrected chi connectivity index (χ4v) is 9.27. The molecule has 0 N–H and O–H groups in total. The highest BCUT2D eigenvalue weighted by Crippen LogP contribution is 2.89. The number of fused-ring (bicyclic) bond motifs is 8. The van der Waals surface area contributed by atoms with E-state index in [1.54, 1.807) is 11.1 Å².